The van der Waals surface area contributed by atoms with E-state index in [4.69, 9.17) is 11.0 Å². The Balaban J connectivity index is 1.37. The van der Waals surface area contributed by atoms with Crippen LogP contribution in [0.15, 0.2) is 18.5 Å². The molecule has 2 saturated heterocycles. The maximum atomic E-state index is 13.2. The van der Waals surface area contributed by atoms with Crippen LogP contribution in [0.1, 0.15) is 36.6 Å². The Labute approximate surface area is 182 Å². The van der Waals surface area contributed by atoms with Gasteiger partial charge in [-0.2, -0.15) is 0 Å². The number of rotatable bonds is 6. The minimum absolute atomic E-state index is 0.0170. The van der Waals surface area contributed by atoms with Gasteiger partial charge in [-0.05, 0) is 50.0 Å². The van der Waals surface area contributed by atoms with E-state index < -0.39 is 61.4 Å². The maximum absolute atomic E-state index is 13.2. The number of likely N-dealkylation sites (tertiary alicyclic amines) is 1. The number of carbonyl (C=O) groups is 2. The summed E-state index contributed by atoms with van der Waals surface area (Å²) in [4.78, 5) is 37.8. The lowest BCUT2D eigenvalue weighted by Crippen LogP contribution is -2.47. The highest BCUT2D eigenvalue weighted by Crippen LogP contribution is 2.56. The van der Waals surface area contributed by atoms with Gasteiger partial charge in [0.25, 0.3) is 0 Å². The first-order chi connectivity index (χ1) is 17.1. The molecule has 1 aromatic rings. The first-order valence-electron chi connectivity index (χ1n) is 14.0. The number of aromatic nitrogens is 2. The largest absolute Gasteiger partial charge is 0.393 e. The van der Waals surface area contributed by atoms with Crippen LogP contribution in [-0.4, -0.2) is 82.0 Å². The van der Waals surface area contributed by atoms with Crippen LogP contribution in [0.4, 0.5) is 5.95 Å². The number of hydrogen-bond donors (Lipinski definition) is 1. The standard InChI is InChI=1S/C21H29N5O3/c27-16-13-14-12-15(16)18-17(14)19(28)26(20(18)29)7-2-1-6-24-8-10-25(11-9-24)21-22-4-3-5-23-21/h3-5,14-18,27H,1-2,6-13H2/t14-,15+,16+,17-,18+/m0/s1/i1D2,2D2,6D2,7D2. The van der Waals surface area contributed by atoms with E-state index in [0.29, 0.717) is 18.8 Å². The molecule has 29 heavy (non-hydrogen) atoms. The van der Waals surface area contributed by atoms with Gasteiger partial charge in [0.05, 0.1) is 17.9 Å². The van der Waals surface area contributed by atoms with Gasteiger partial charge in [-0.3, -0.25) is 19.4 Å². The summed E-state index contributed by atoms with van der Waals surface area (Å²) in [6.07, 6.45) is -4.02. The second-order valence-corrected chi connectivity index (χ2v) is 8.02. The number of aliphatic hydroxyl groups is 1. The van der Waals surface area contributed by atoms with Crippen LogP contribution >= 0.6 is 0 Å². The molecule has 1 N–H and O–H groups in total. The highest BCUT2D eigenvalue weighted by molar-refractivity contribution is 6.06. The van der Waals surface area contributed by atoms with Gasteiger partial charge in [-0.25, -0.2) is 9.97 Å². The minimum Gasteiger partial charge on any atom is -0.393 e. The third-order valence-electron chi connectivity index (χ3n) is 6.54. The van der Waals surface area contributed by atoms with Crippen molar-refractivity contribution in [3.8, 4) is 0 Å². The van der Waals surface area contributed by atoms with Crippen LogP contribution in [0.3, 0.4) is 0 Å². The van der Waals surface area contributed by atoms with Crippen molar-refractivity contribution in [2.75, 3.05) is 44.1 Å². The summed E-state index contributed by atoms with van der Waals surface area (Å²) in [5, 5.41) is 10.2. The number of anilines is 1. The van der Waals surface area contributed by atoms with E-state index in [2.05, 4.69) is 9.97 Å². The Hall–Kier alpha value is -2.06. The molecule has 5 atom stereocenters. The fraction of sp³-hybridized carbons (Fsp3) is 0.714. The predicted molar refractivity (Wildman–Crippen MR) is 106 cm³/mol. The van der Waals surface area contributed by atoms with E-state index in [1.54, 1.807) is 23.4 Å². The van der Waals surface area contributed by atoms with Crippen molar-refractivity contribution in [3.63, 3.8) is 0 Å². The zero-order valence-corrected chi connectivity index (χ0v) is 15.9. The molecule has 8 nitrogen and oxygen atoms in total. The highest BCUT2D eigenvalue weighted by atomic mass is 16.3. The third kappa shape index (κ3) is 3.32. The SMILES string of the molecule is [2H]C([2H])(N1CCN(c2ncccn2)CC1)C([2H])([2H])C([2H])([2H])C([2H])([2H])N1C(=O)[C@@H]2[C@@H]3C[C@@H](C[C@H]3O)[C@@H]2C1=O. The fourth-order valence-corrected chi connectivity index (χ4v) is 5.20. The van der Waals surface area contributed by atoms with Gasteiger partial charge in [-0.1, -0.05) is 0 Å². The molecule has 5 rings (SSSR count). The van der Waals surface area contributed by atoms with E-state index in [1.807, 2.05) is 0 Å². The molecule has 0 spiro atoms. The summed E-state index contributed by atoms with van der Waals surface area (Å²) in [5.74, 6) is -4.15. The molecule has 0 aromatic carbocycles. The third-order valence-corrected chi connectivity index (χ3v) is 6.54. The Morgan fingerprint density at radius 3 is 2.45 bits per heavy atom. The number of fused-ring (bicyclic) bond motifs is 5. The van der Waals surface area contributed by atoms with Crippen LogP contribution in [0, 0.1) is 23.7 Å². The molecule has 4 aliphatic rings. The van der Waals surface area contributed by atoms with Crippen molar-refractivity contribution < 1.29 is 25.7 Å². The molecule has 2 aliphatic heterocycles. The van der Waals surface area contributed by atoms with Gasteiger partial charge in [0, 0.05) is 56.0 Å². The van der Waals surface area contributed by atoms with Crippen LogP contribution < -0.4 is 4.90 Å². The van der Waals surface area contributed by atoms with E-state index in [0.717, 1.165) is 4.90 Å². The molecule has 8 heteroatoms. The van der Waals surface area contributed by atoms with Crippen molar-refractivity contribution in [2.45, 2.75) is 31.7 Å². The van der Waals surface area contributed by atoms with E-state index >= 15 is 0 Å². The van der Waals surface area contributed by atoms with E-state index in [9.17, 15) is 14.7 Å². The average molecular weight is 408 g/mol. The van der Waals surface area contributed by atoms with Crippen molar-refractivity contribution in [1.29, 1.82) is 0 Å². The number of nitrogens with zero attached hydrogens (tertiary/aromatic N) is 5. The molecule has 0 radical (unpaired) electrons. The van der Waals surface area contributed by atoms with Gasteiger partial charge in [0.2, 0.25) is 17.8 Å². The summed E-state index contributed by atoms with van der Waals surface area (Å²) >= 11 is 0. The molecular weight excluding hydrogens is 370 g/mol. The van der Waals surface area contributed by atoms with Crippen LogP contribution in [-0.2, 0) is 9.59 Å². The summed E-state index contributed by atoms with van der Waals surface area (Å²) in [5.41, 5.74) is 0. The van der Waals surface area contributed by atoms with Crippen LogP contribution in [0.25, 0.3) is 0 Å². The molecule has 2 bridgehead atoms. The normalized spacial score (nSPS) is 40.4. The number of hydrogen-bond acceptors (Lipinski definition) is 7. The first kappa shape index (κ1) is 12.0. The molecule has 1 aromatic heterocycles. The molecule has 2 saturated carbocycles. The maximum Gasteiger partial charge on any atom is 0.233 e. The zero-order chi connectivity index (χ0) is 27.1. The van der Waals surface area contributed by atoms with Gasteiger partial charge in [0.15, 0.2) is 0 Å². The van der Waals surface area contributed by atoms with E-state index in [-0.39, 0.29) is 37.0 Å². The topological polar surface area (TPSA) is 89.9 Å². The van der Waals surface area contributed by atoms with Gasteiger partial charge < -0.3 is 10.0 Å². The lowest BCUT2D eigenvalue weighted by molar-refractivity contribution is -0.141. The molecule has 2 amide bonds. The molecule has 156 valence electrons. The van der Waals surface area contributed by atoms with Crippen molar-refractivity contribution >= 4 is 17.8 Å². The number of imide groups is 1. The molecular formula is C21H29N5O3. The van der Waals surface area contributed by atoms with Crippen molar-refractivity contribution in [1.82, 2.24) is 19.8 Å². The Morgan fingerprint density at radius 2 is 1.69 bits per heavy atom. The summed E-state index contributed by atoms with van der Waals surface area (Å²) in [6.45, 7) is -6.05. The first-order valence-corrected chi connectivity index (χ1v) is 9.97. The van der Waals surface area contributed by atoms with Crippen LogP contribution in [0.2, 0.25) is 0 Å². The Bertz CT molecular complexity index is 1090. The van der Waals surface area contributed by atoms with Gasteiger partial charge >= 0.3 is 0 Å². The average Bonchev–Trinajstić information content (AvgIpc) is 3.49. The summed E-state index contributed by atoms with van der Waals surface area (Å²) in [7, 11) is 0. The summed E-state index contributed by atoms with van der Waals surface area (Å²) < 4.78 is 68.3. The number of amides is 2. The fourth-order valence-electron chi connectivity index (χ4n) is 5.20. The molecule has 3 heterocycles. The molecule has 4 fully saturated rings. The monoisotopic (exact) mass is 407 g/mol. The highest BCUT2D eigenvalue weighted by Gasteiger charge is 2.63. The van der Waals surface area contributed by atoms with Crippen molar-refractivity contribution in [2.24, 2.45) is 23.7 Å². The minimum atomic E-state index is -3.62. The van der Waals surface area contributed by atoms with Gasteiger partial charge in [0.1, 0.15) is 0 Å². The summed E-state index contributed by atoms with van der Waals surface area (Å²) in [6, 6.07) is 1.65. The number of piperazine rings is 1. The number of carbonyl (C=O) groups excluding carboxylic acids is 2. The van der Waals surface area contributed by atoms with Gasteiger partial charge in [-0.15, -0.1) is 0 Å². The van der Waals surface area contributed by atoms with E-state index in [1.165, 1.54) is 0 Å². The smallest absolute Gasteiger partial charge is 0.233 e. The molecule has 0 unspecified atom stereocenters. The second kappa shape index (κ2) is 7.65. The quantitative estimate of drug-likeness (QED) is 0.682. The lowest BCUT2D eigenvalue weighted by atomic mass is 9.80. The second-order valence-electron chi connectivity index (χ2n) is 8.02. The zero-order valence-electron chi connectivity index (χ0n) is 23.9. The predicted octanol–water partition coefficient (Wildman–Crippen LogP) is 0.381. The molecule has 2 aliphatic carbocycles. The Morgan fingerprint density at radius 1 is 1.00 bits per heavy atom. The Kier molecular flexibility index (Phi) is 3.15. The van der Waals surface area contributed by atoms with Crippen LogP contribution in [0.5, 0.6) is 0 Å². The van der Waals surface area contributed by atoms with Crippen molar-refractivity contribution in [3.05, 3.63) is 18.5 Å². The lowest BCUT2D eigenvalue weighted by Gasteiger charge is -2.34. The number of aliphatic hydroxyl groups excluding tert-OH is 1.